The van der Waals surface area contributed by atoms with Crippen LogP contribution < -0.4 is 0 Å². The van der Waals surface area contributed by atoms with Crippen LogP contribution in [-0.2, 0) is 0 Å². The fourth-order valence-corrected chi connectivity index (χ4v) is 5.28. The fraction of sp³-hybridized carbons (Fsp3) is 0.800. The van der Waals surface area contributed by atoms with Crippen molar-refractivity contribution in [2.75, 3.05) is 13.2 Å². The van der Waals surface area contributed by atoms with Crippen LogP contribution in [0.1, 0.15) is 59.3 Å². The molecule has 0 aromatic carbocycles. The molecule has 3 N–H and O–H groups in total. The van der Waals surface area contributed by atoms with E-state index in [0.717, 1.165) is 12.8 Å². The summed E-state index contributed by atoms with van der Waals surface area (Å²) in [6.45, 7) is 11.0. The monoisotopic (exact) mass is 322 g/mol. The van der Waals surface area contributed by atoms with Crippen LogP contribution >= 0.6 is 0 Å². The molecule has 0 heterocycles. The molecule has 2 rings (SSSR count). The minimum absolute atomic E-state index is 0.0273. The van der Waals surface area contributed by atoms with Gasteiger partial charge in [-0.15, -0.1) is 0 Å². The van der Waals surface area contributed by atoms with Crippen molar-refractivity contribution in [2.24, 2.45) is 22.7 Å². The Morgan fingerprint density at radius 2 is 2.04 bits per heavy atom. The standard InChI is InChI=1S/C20H34O3/c1-14-6-5-7-18-19(14,3)10-8-15(2)20(18,4)12-17(23)16(13-22)9-11-21/h9,15,17-18,21-23H,1,5-8,10-13H2,2-4H3/b16-9+/t15-,17-,18+,19+,20+/m1/s1. The Kier molecular flexibility index (Phi) is 5.76. The molecule has 0 amide bonds. The van der Waals surface area contributed by atoms with Gasteiger partial charge in [-0.2, -0.15) is 0 Å². The fourth-order valence-electron chi connectivity index (χ4n) is 5.28. The average molecular weight is 322 g/mol. The highest BCUT2D eigenvalue weighted by atomic mass is 16.3. The van der Waals surface area contributed by atoms with E-state index in [0.29, 0.717) is 23.8 Å². The van der Waals surface area contributed by atoms with Crippen LogP contribution in [0.2, 0.25) is 0 Å². The molecule has 0 spiro atoms. The van der Waals surface area contributed by atoms with Crippen LogP contribution in [-0.4, -0.2) is 34.6 Å². The first-order valence-corrected chi connectivity index (χ1v) is 9.06. The van der Waals surface area contributed by atoms with E-state index in [9.17, 15) is 10.2 Å². The van der Waals surface area contributed by atoms with Gasteiger partial charge in [-0.3, -0.25) is 0 Å². The van der Waals surface area contributed by atoms with E-state index in [4.69, 9.17) is 5.11 Å². The predicted molar refractivity (Wildman–Crippen MR) is 94.0 cm³/mol. The Morgan fingerprint density at radius 1 is 1.35 bits per heavy atom. The maximum Gasteiger partial charge on any atom is 0.0778 e. The third-order valence-electron chi connectivity index (χ3n) is 7.16. The first kappa shape index (κ1) is 18.7. The molecule has 2 fully saturated rings. The minimum atomic E-state index is -0.683. The van der Waals surface area contributed by atoms with Gasteiger partial charge < -0.3 is 15.3 Å². The maximum absolute atomic E-state index is 10.7. The lowest BCUT2D eigenvalue weighted by Crippen LogP contribution is -2.51. The van der Waals surface area contributed by atoms with Gasteiger partial charge in [0.25, 0.3) is 0 Å². The second-order valence-corrected chi connectivity index (χ2v) is 8.25. The van der Waals surface area contributed by atoms with Gasteiger partial charge in [0.1, 0.15) is 0 Å². The lowest BCUT2D eigenvalue weighted by Gasteiger charge is -2.59. The van der Waals surface area contributed by atoms with Crippen molar-refractivity contribution >= 4 is 0 Å². The molecular formula is C20H34O3. The number of hydrogen-bond acceptors (Lipinski definition) is 3. The van der Waals surface area contributed by atoms with Crippen LogP contribution in [0.5, 0.6) is 0 Å². The number of aliphatic hydroxyl groups excluding tert-OH is 3. The second kappa shape index (κ2) is 7.08. The predicted octanol–water partition coefficient (Wildman–Crippen LogP) is 3.45. The zero-order valence-corrected chi connectivity index (χ0v) is 15.0. The van der Waals surface area contributed by atoms with Gasteiger partial charge in [0, 0.05) is 0 Å². The summed E-state index contributed by atoms with van der Waals surface area (Å²) in [6.07, 6.45) is 7.38. The first-order valence-electron chi connectivity index (χ1n) is 9.06. The minimum Gasteiger partial charge on any atom is -0.392 e. The normalized spacial score (nSPS) is 39.9. The number of fused-ring (bicyclic) bond motifs is 1. The van der Waals surface area contributed by atoms with Crippen molar-refractivity contribution in [3.05, 3.63) is 23.8 Å². The third kappa shape index (κ3) is 3.29. The number of hydrogen-bond donors (Lipinski definition) is 3. The second-order valence-electron chi connectivity index (χ2n) is 8.25. The average Bonchev–Trinajstić information content (AvgIpc) is 2.51. The van der Waals surface area contributed by atoms with Gasteiger partial charge in [-0.1, -0.05) is 39.0 Å². The van der Waals surface area contributed by atoms with E-state index in [2.05, 4.69) is 27.4 Å². The van der Waals surface area contributed by atoms with E-state index in [1.54, 1.807) is 6.08 Å². The largest absolute Gasteiger partial charge is 0.392 e. The van der Waals surface area contributed by atoms with Crippen molar-refractivity contribution in [1.29, 1.82) is 0 Å². The Morgan fingerprint density at radius 3 is 2.65 bits per heavy atom. The summed E-state index contributed by atoms with van der Waals surface area (Å²) >= 11 is 0. The molecule has 0 aliphatic heterocycles. The van der Waals surface area contributed by atoms with Crippen molar-refractivity contribution in [2.45, 2.75) is 65.4 Å². The van der Waals surface area contributed by atoms with Gasteiger partial charge in [0.15, 0.2) is 0 Å². The molecule has 132 valence electrons. The number of aliphatic hydroxyl groups is 3. The summed E-state index contributed by atoms with van der Waals surface area (Å²) in [5.74, 6) is 1.07. The molecule has 0 aromatic rings. The zero-order chi connectivity index (χ0) is 17.3. The quantitative estimate of drug-likeness (QED) is 0.679. The molecule has 0 aromatic heterocycles. The molecule has 0 saturated heterocycles. The first-order chi connectivity index (χ1) is 10.8. The maximum atomic E-state index is 10.7. The number of allylic oxidation sites excluding steroid dienone is 1. The van der Waals surface area contributed by atoms with E-state index in [-0.39, 0.29) is 24.0 Å². The van der Waals surface area contributed by atoms with Crippen molar-refractivity contribution < 1.29 is 15.3 Å². The molecule has 23 heavy (non-hydrogen) atoms. The summed E-state index contributed by atoms with van der Waals surface area (Å²) in [5.41, 5.74) is 2.14. The molecular weight excluding hydrogens is 288 g/mol. The SMILES string of the molecule is C=C1CCC[C@@H]2[C@@](C)(C[C@@H](O)/C(=C/CO)CO)[C@H](C)CC[C@@]12C. The van der Waals surface area contributed by atoms with Crippen LogP contribution in [0.15, 0.2) is 23.8 Å². The molecule has 0 bridgehead atoms. The lowest BCUT2D eigenvalue weighted by molar-refractivity contribution is -0.0718. The smallest absolute Gasteiger partial charge is 0.0778 e. The molecule has 0 unspecified atom stereocenters. The van der Waals surface area contributed by atoms with Gasteiger partial charge in [0.05, 0.1) is 19.3 Å². The summed E-state index contributed by atoms with van der Waals surface area (Å²) in [4.78, 5) is 0. The zero-order valence-electron chi connectivity index (χ0n) is 15.0. The van der Waals surface area contributed by atoms with Gasteiger partial charge in [0.2, 0.25) is 0 Å². The van der Waals surface area contributed by atoms with Gasteiger partial charge in [-0.05, 0) is 66.8 Å². The molecule has 2 aliphatic rings. The van der Waals surface area contributed by atoms with E-state index in [1.807, 2.05) is 0 Å². The van der Waals surface area contributed by atoms with Crippen LogP contribution in [0, 0.1) is 22.7 Å². The van der Waals surface area contributed by atoms with E-state index in [1.165, 1.54) is 24.8 Å². The molecule has 5 atom stereocenters. The van der Waals surface area contributed by atoms with Crippen molar-refractivity contribution in [1.82, 2.24) is 0 Å². The summed E-state index contributed by atoms with van der Waals surface area (Å²) in [5, 5.41) is 29.2. The van der Waals surface area contributed by atoms with Crippen LogP contribution in [0.25, 0.3) is 0 Å². The Labute approximate surface area is 141 Å². The Balaban J connectivity index is 2.29. The highest BCUT2D eigenvalue weighted by molar-refractivity contribution is 5.20. The van der Waals surface area contributed by atoms with E-state index < -0.39 is 6.10 Å². The molecule has 3 nitrogen and oxygen atoms in total. The van der Waals surface area contributed by atoms with Crippen LogP contribution in [0.3, 0.4) is 0 Å². The Hall–Kier alpha value is -0.640. The molecule has 0 radical (unpaired) electrons. The van der Waals surface area contributed by atoms with Crippen molar-refractivity contribution in [3.63, 3.8) is 0 Å². The lowest BCUT2D eigenvalue weighted by atomic mass is 9.46. The van der Waals surface area contributed by atoms with Crippen LogP contribution in [0.4, 0.5) is 0 Å². The third-order valence-corrected chi connectivity index (χ3v) is 7.16. The van der Waals surface area contributed by atoms with Gasteiger partial charge in [-0.25, -0.2) is 0 Å². The molecule has 2 saturated carbocycles. The summed E-state index contributed by atoms with van der Waals surface area (Å²) < 4.78 is 0. The summed E-state index contributed by atoms with van der Waals surface area (Å²) in [6, 6.07) is 0. The molecule has 3 heteroatoms. The van der Waals surface area contributed by atoms with Crippen molar-refractivity contribution in [3.8, 4) is 0 Å². The van der Waals surface area contributed by atoms with Gasteiger partial charge >= 0.3 is 0 Å². The highest BCUT2D eigenvalue weighted by Gasteiger charge is 2.54. The van der Waals surface area contributed by atoms with E-state index >= 15 is 0 Å². The summed E-state index contributed by atoms with van der Waals surface area (Å²) in [7, 11) is 0. The molecule has 2 aliphatic carbocycles. The topological polar surface area (TPSA) is 60.7 Å². The number of rotatable bonds is 5. The highest BCUT2D eigenvalue weighted by Crippen LogP contribution is 2.62. The Bertz CT molecular complexity index is 470.